The number of piperidine rings is 1. The highest BCUT2D eigenvalue weighted by Crippen LogP contribution is 2.36. The molecular formula is C23H23FN6O4. The van der Waals surface area contributed by atoms with Crippen LogP contribution in [-0.2, 0) is 9.59 Å². The second-order valence-corrected chi connectivity index (χ2v) is 8.65. The van der Waals surface area contributed by atoms with Crippen molar-refractivity contribution in [2.75, 3.05) is 36.0 Å². The summed E-state index contributed by atoms with van der Waals surface area (Å²) in [6.45, 7) is 5.63. The summed E-state index contributed by atoms with van der Waals surface area (Å²) in [7, 11) is 0. The van der Waals surface area contributed by atoms with Gasteiger partial charge in [0, 0.05) is 44.4 Å². The summed E-state index contributed by atoms with van der Waals surface area (Å²) < 4.78 is 15.1. The van der Waals surface area contributed by atoms with Gasteiger partial charge in [-0.2, -0.15) is 0 Å². The number of piperazine rings is 1. The maximum Gasteiger partial charge on any atom is 0.264 e. The molecule has 1 atom stereocenters. The number of halogens is 1. The smallest absolute Gasteiger partial charge is 0.264 e. The number of nitrogens with zero attached hydrogens (tertiary/aromatic N) is 5. The van der Waals surface area contributed by atoms with Gasteiger partial charge in [-0.25, -0.2) is 14.4 Å². The fraction of sp³-hybridized carbons (Fsp3) is 0.391. The summed E-state index contributed by atoms with van der Waals surface area (Å²) in [6, 6.07) is 3.26. The third kappa shape index (κ3) is 3.57. The Labute approximate surface area is 194 Å². The van der Waals surface area contributed by atoms with Crippen LogP contribution in [-0.4, -0.2) is 70.7 Å². The molecule has 34 heavy (non-hydrogen) atoms. The molecule has 3 aliphatic heterocycles. The number of fused-ring (bicyclic) bond motifs is 1. The number of amides is 4. The van der Waals surface area contributed by atoms with Crippen LogP contribution in [0.2, 0.25) is 0 Å². The molecule has 2 fully saturated rings. The lowest BCUT2D eigenvalue weighted by Crippen LogP contribution is -2.54. The summed E-state index contributed by atoms with van der Waals surface area (Å²) in [5.41, 5.74) is 0.960. The minimum Gasteiger partial charge on any atom is -0.365 e. The molecule has 10 nitrogen and oxygen atoms in total. The first-order valence-corrected chi connectivity index (χ1v) is 11.1. The number of hydrogen-bond donors (Lipinski definition) is 1. The highest BCUT2D eigenvalue weighted by atomic mass is 19.1. The van der Waals surface area contributed by atoms with Gasteiger partial charge in [-0.15, -0.1) is 0 Å². The van der Waals surface area contributed by atoms with Crippen molar-refractivity contribution in [3.8, 4) is 0 Å². The third-order valence-corrected chi connectivity index (χ3v) is 6.40. The van der Waals surface area contributed by atoms with E-state index in [0.717, 1.165) is 16.4 Å². The van der Waals surface area contributed by atoms with Crippen molar-refractivity contribution in [1.29, 1.82) is 0 Å². The molecule has 0 saturated carbocycles. The molecule has 3 aliphatic rings. The van der Waals surface area contributed by atoms with Gasteiger partial charge in [-0.3, -0.25) is 29.4 Å². The fourth-order valence-corrected chi connectivity index (χ4v) is 4.84. The maximum absolute atomic E-state index is 15.1. The molecule has 4 heterocycles. The minimum absolute atomic E-state index is 0.0228. The number of carbonyl (C=O) groups is 4. The van der Waals surface area contributed by atoms with Crippen molar-refractivity contribution in [3.63, 3.8) is 0 Å². The van der Waals surface area contributed by atoms with E-state index in [-0.39, 0.29) is 29.7 Å². The van der Waals surface area contributed by atoms with E-state index in [1.807, 2.05) is 19.9 Å². The van der Waals surface area contributed by atoms with Crippen molar-refractivity contribution in [1.82, 2.24) is 20.2 Å². The zero-order chi connectivity index (χ0) is 24.1. The largest absolute Gasteiger partial charge is 0.365 e. The lowest BCUT2D eigenvalue weighted by Gasteiger charge is -2.37. The second-order valence-electron chi connectivity index (χ2n) is 8.65. The van der Waals surface area contributed by atoms with Crippen LogP contribution < -0.4 is 15.1 Å². The number of benzene rings is 1. The lowest BCUT2D eigenvalue weighted by atomic mass is 10.0. The number of anilines is 2. The zero-order valence-corrected chi connectivity index (χ0v) is 18.8. The van der Waals surface area contributed by atoms with E-state index in [4.69, 9.17) is 0 Å². The van der Waals surface area contributed by atoms with Crippen LogP contribution in [0.5, 0.6) is 0 Å². The molecule has 5 rings (SSSR count). The molecule has 0 radical (unpaired) electrons. The highest BCUT2D eigenvalue weighted by molar-refractivity contribution is 6.25. The first-order chi connectivity index (χ1) is 16.2. The number of hydrogen-bond acceptors (Lipinski definition) is 8. The Morgan fingerprint density at radius 2 is 1.68 bits per heavy atom. The SMILES string of the molecule is Cc1cc(N2CCN(c3c(F)ccc4c3C(=O)N(C3CCC(=O)NC3=O)C4=O)CC2)nc(C)n1. The highest BCUT2D eigenvalue weighted by Gasteiger charge is 2.47. The fourth-order valence-electron chi connectivity index (χ4n) is 4.84. The van der Waals surface area contributed by atoms with Gasteiger partial charge >= 0.3 is 0 Å². The molecule has 1 unspecified atom stereocenters. The number of nitrogens with one attached hydrogen (secondary N) is 1. The molecule has 11 heteroatoms. The van der Waals surface area contributed by atoms with Crippen molar-refractivity contribution >= 4 is 35.1 Å². The number of rotatable bonds is 3. The molecule has 1 aromatic carbocycles. The summed E-state index contributed by atoms with van der Waals surface area (Å²) in [5, 5.41) is 2.17. The number of aryl methyl sites for hydroxylation is 2. The van der Waals surface area contributed by atoms with Crippen LogP contribution in [0.4, 0.5) is 15.9 Å². The average molecular weight is 466 g/mol. The van der Waals surface area contributed by atoms with E-state index in [0.29, 0.717) is 32.0 Å². The molecule has 176 valence electrons. The Kier molecular flexibility index (Phi) is 5.26. The van der Waals surface area contributed by atoms with Crippen LogP contribution >= 0.6 is 0 Å². The van der Waals surface area contributed by atoms with Gasteiger partial charge in [0.25, 0.3) is 11.8 Å². The third-order valence-electron chi connectivity index (χ3n) is 6.40. The molecular weight excluding hydrogens is 443 g/mol. The van der Waals surface area contributed by atoms with E-state index in [9.17, 15) is 19.2 Å². The molecule has 0 aliphatic carbocycles. The molecule has 4 amide bonds. The predicted molar refractivity (Wildman–Crippen MR) is 119 cm³/mol. The van der Waals surface area contributed by atoms with Crippen LogP contribution in [0.3, 0.4) is 0 Å². The Hall–Kier alpha value is -3.89. The van der Waals surface area contributed by atoms with E-state index >= 15 is 4.39 Å². The van der Waals surface area contributed by atoms with E-state index in [1.54, 1.807) is 4.90 Å². The van der Waals surface area contributed by atoms with E-state index < -0.39 is 35.5 Å². The Bertz CT molecular complexity index is 1220. The number of imide groups is 2. The number of carbonyl (C=O) groups excluding carboxylic acids is 4. The minimum atomic E-state index is -1.10. The number of aromatic nitrogens is 2. The van der Waals surface area contributed by atoms with Gasteiger partial charge < -0.3 is 9.80 Å². The van der Waals surface area contributed by atoms with Gasteiger partial charge in [0.1, 0.15) is 23.5 Å². The lowest BCUT2D eigenvalue weighted by molar-refractivity contribution is -0.136. The summed E-state index contributed by atoms with van der Waals surface area (Å²) in [5.74, 6) is -1.66. The first-order valence-electron chi connectivity index (χ1n) is 11.1. The predicted octanol–water partition coefficient (Wildman–Crippen LogP) is 0.960. The Morgan fingerprint density at radius 1 is 0.971 bits per heavy atom. The summed E-state index contributed by atoms with van der Waals surface area (Å²) in [4.78, 5) is 63.7. The monoisotopic (exact) mass is 466 g/mol. The average Bonchev–Trinajstić information content (AvgIpc) is 3.03. The van der Waals surface area contributed by atoms with Gasteiger partial charge in [0.05, 0.1) is 16.8 Å². The van der Waals surface area contributed by atoms with E-state index in [2.05, 4.69) is 20.2 Å². The maximum atomic E-state index is 15.1. The molecule has 2 saturated heterocycles. The van der Waals surface area contributed by atoms with Gasteiger partial charge in [0.2, 0.25) is 11.8 Å². The molecule has 0 spiro atoms. The van der Waals surface area contributed by atoms with Crippen molar-refractivity contribution in [2.24, 2.45) is 0 Å². The summed E-state index contributed by atoms with van der Waals surface area (Å²) in [6.07, 6.45) is 0.0688. The molecule has 1 aromatic heterocycles. The van der Waals surface area contributed by atoms with Gasteiger partial charge in [-0.05, 0) is 32.4 Å². The second kappa shape index (κ2) is 8.15. The molecule has 0 bridgehead atoms. The molecule has 1 N–H and O–H groups in total. The topological polar surface area (TPSA) is 116 Å². The standard InChI is InChI=1S/C23H23FN6O4/c1-12-11-17(26-13(2)25-12)28-7-9-29(10-8-28)20-15(24)4-3-14-19(20)23(34)30(22(14)33)16-5-6-18(31)27-21(16)32/h3-4,11,16H,5-10H2,1-2H3,(H,27,31,32). The van der Waals surface area contributed by atoms with Crippen molar-refractivity contribution in [2.45, 2.75) is 32.7 Å². The summed E-state index contributed by atoms with van der Waals surface area (Å²) >= 11 is 0. The van der Waals surface area contributed by atoms with Crippen LogP contribution in [0.15, 0.2) is 18.2 Å². The Balaban J connectivity index is 1.42. The van der Waals surface area contributed by atoms with Crippen LogP contribution in [0.1, 0.15) is 45.1 Å². The zero-order valence-electron chi connectivity index (χ0n) is 18.8. The van der Waals surface area contributed by atoms with Gasteiger partial charge in [-0.1, -0.05) is 0 Å². The quantitative estimate of drug-likeness (QED) is 0.665. The normalized spacial score (nSPS) is 20.7. The van der Waals surface area contributed by atoms with Crippen molar-refractivity contribution in [3.05, 3.63) is 46.7 Å². The van der Waals surface area contributed by atoms with E-state index in [1.165, 1.54) is 12.1 Å². The molecule has 2 aromatic rings. The van der Waals surface area contributed by atoms with Gasteiger partial charge in [0.15, 0.2) is 0 Å². The Morgan fingerprint density at radius 3 is 2.35 bits per heavy atom. The van der Waals surface area contributed by atoms with Crippen LogP contribution in [0.25, 0.3) is 0 Å². The first kappa shape index (κ1) is 21.9. The van der Waals surface area contributed by atoms with Crippen molar-refractivity contribution < 1.29 is 23.6 Å². The van der Waals surface area contributed by atoms with Crippen LogP contribution in [0, 0.1) is 19.7 Å².